The summed E-state index contributed by atoms with van der Waals surface area (Å²) in [5, 5.41) is 9.08. The molecule has 0 spiro atoms. The normalized spacial score (nSPS) is 11.1. The summed E-state index contributed by atoms with van der Waals surface area (Å²) in [6.45, 7) is 0.652. The second-order valence-electron chi connectivity index (χ2n) is 6.23. The van der Waals surface area contributed by atoms with E-state index in [0.717, 1.165) is 33.9 Å². The largest absolute Gasteiger partial charge is 0.266 e. The number of aromatic nitrogens is 6. The van der Waals surface area contributed by atoms with Crippen LogP contribution >= 0.6 is 0 Å². The fraction of sp³-hybridized carbons (Fsp3) is 0.0476. The van der Waals surface area contributed by atoms with Crippen LogP contribution in [0.15, 0.2) is 85.5 Å². The first-order valence-electron chi connectivity index (χ1n) is 8.70. The molecule has 27 heavy (non-hydrogen) atoms. The van der Waals surface area contributed by atoms with Gasteiger partial charge in [0.2, 0.25) is 0 Å². The third-order valence-corrected chi connectivity index (χ3v) is 4.44. The van der Waals surface area contributed by atoms with Crippen molar-refractivity contribution in [1.82, 2.24) is 29.4 Å². The van der Waals surface area contributed by atoms with E-state index >= 15 is 0 Å². The van der Waals surface area contributed by atoms with Gasteiger partial charge in [-0.05, 0) is 30.3 Å². The van der Waals surface area contributed by atoms with Crippen LogP contribution in [0.1, 0.15) is 5.69 Å². The van der Waals surface area contributed by atoms with Crippen molar-refractivity contribution in [3.05, 3.63) is 91.1 Å². The summed E-state index contributed by atoms with van der Waals surface area (Å²) in [6, 6.07) is 20.1. The molecular weight excluding hydrogens is 336 g/mol. The topological polar surface area (TPSA) is 60.9 Å². The highest BCUT2D eigenvalue weighted by Gasteiger charge is 2.08. The Morgan fingerprint density at radius 2 is 1.74 bits per heavy atom. The van der Waals surface area contributed by atoms with Crippen LogP contribution in [-0.2, 0) is 6.54 Å². The molecule has 0 aliphatic heterocycles. The van der Waals surface area contributed by atoms with Crippen LogP contribution in [0.2, 0.25) is 0 Å². The van der Waals surface area contributed by atoms with E-state index in [1.807, 2.05) is 57.9 Å². The van der Waals surface area contributed by atoms with Crippen LogP contribution in [0, 0.1) is 0 Å². The van der Waals surface area contributed by atoms with Gasteiger partial charge in [-0.1, -0.05) is 24.3 Å². The summed E-state index contributed by atoms with van der Waals surface area (Å²) in [6.07, 6.45) is 7.35. The van der Waals surface area contributed by atoms with E-state index in [-0.39, 0.29) is 0 Å². The standard InChI is InChI=1S/C21H16N6/c1-2-10-22-18(6-1)15-26-13-9-19(25-26)16-4-3-5-17(14-16)20-7-11-23-21-8-12-24-27(20)21/h1-14H,15H2. The molecule has 5 aromatic rings. The van der Waals surface area contributed by atoms with E-state index in [2.05, 4.69) is 33.3 Å². The maximum Gasteiger partial charge on any atom is 0.155 e. The van der Waals surface area contributed by atoms with Gasteiger partial charge >= 0.3 is 0 Å². The van der Waals surface area contributed by atoms with Gasteiger partial charge in [0.15, 0.2) is 5.65 Å². The van der Waals surface area contributed by atoms with E-state index < -0.39 is 0 Å². The molecular formula is C21H16N6. The number of nitrogens with zero attached hydrogens (tertiary/aromatic N) is 6. The molecule has 0 unspecified atom stereocenters. The van der Waals surface area contributed by atoms with Gasteiger partial charge in [-0.2, -0.15) is 10.2 Å². The monoisotopic (exact) mass is 352 g/mol. The Morgan fingerprint density at radius 3 is 2.67 bits per heavy atom. The smallest absolute Gasteiger partial charge is 0.155 e. The Hall–Kier alpha value is -3.80. The Kier molecular flexibility index (Phi) is 3.72. The molecule has 0 bridgehead atoms. The number of pyridine rings is 1. The predicted octanol–water partition coefficient (Wildman–Crippen LogP) is 3.70. The summed E-state index contributed by atoms with van der Waals surface area (Å²) in [5.41, 5.74) is 5.88. The summed E-state index contributed by atoms with van der Waals surface area (Å²) >= 11 is 0. The van der Waals surface area contributed by atoms with E-state index in [4.69, 9.17) is 5.10 Å². The lowest BCUT2D eigenvalue weighted by atomic mass is 10.1. The maximum absolute atomic E-state index is 4.70. The minimum atomic E-state index is 0.652. The lowest BCUT2D eigenvalue weighted by molar-refractivity contribution is 0.675. The SMILES string of the molecule is c1ccc(Cn2ccc(-c3cccc(-c4ccnc5ccnn45)c3)n2)nc1. The van der Waals surface area contributed by atoms with Gasteiger partial charge < -0.3 is 0 Å². The van der Waals surface area contributed by atoms with Gasteiger partial charge in [0.1, 0.15) is 0 Å². The molecule has 0 aliphatic carbocycles. The van der Waals surface area contributed by atoms with Crippen LogP contribution in [0.5, 0.6) is 0 Å². The van der Waals surface area contributed by atoms with Crippen LogP contribution in [0.25, 0.3) is 28.2 Å². The first-order valence-corrected chi connectivity index (χ1v) is 8.70. The van der Waals surface area contributed by atoms with Crippen molar-refractivity contribution >= 4 is 5.65 Å². The second kappa shape index (κ2) is 6.49. The number of rotatable bonds is 4. The van der Waals surface area contributed by atoms with Crippen LogP contribution in [0.4, 0.5) is 0 Å². The summed E-state index contributed by atoms with van der Waals surface area (Å²) < 4.78 is 3.75. The van der Waals surface area contributed by atoms with Crippen LogP contribution in [0.3, 0.4) is 0 Å². The number of hydrogen-bond donors (Lipinski definition) is 0. The molecule has 0 saturated heterocycles. The molecule has 0 N–H and O–H groups in total. The van der Waals surface area contributed by atoms with Crippen molar-refractivity contribution in [2.45, 2.75) is 6.54 Å². The zero-order chi connectivity index (χ0) is 18.1. The van der Waals surface area contributed by atoms with Gasteiger partial charge in [-0.15, -0.1) is 0 Å². The lowest BCUT2D eigenvalue weighted by Crippen LogP contribution is -2.02. The molecule has 0 radical (unpaired) electrons. The first kappa shape index (κ1) is 15.5. The molecule has 0 atom stereocenters. The van der Waals surface area contributed by atoms with Crippen molar-refractivity contribution in [3.63, 3.8) is 0 Å². The van der Waals surface area contributed by atoms with E-state index in [1.54, 1.807) is 18.6 Å². The van der Waals surface area contributed by atoms with Crippen molar-refractivity contribution in [3.8, 4) is 22.5 Å². The van der Waals surface area contributed by atoms with Crippen LogP contribution in [-0.4, -0.2) is 29.4 Å². The maximum atomic E-state index is 4.70. The molecule has 0 aliphatic rings. The van der Waals surface area contributed by atoms with Crippen LogP contribution < -0.4 is 0 Å². The Bertz CT molecular complexity index is 1210. The number of fused-ring (bicyclic) bond motifs is 1. The van der Waals surface area contributed by atoms with Crippen molar-refractivity contribution in [2.75, 3.05) is 0 Å². The van der Waals surface area contributed by atoms with Gasteiger partial charge in [0.25, 0.3) is 0 Å². The molecule has 6 nitrogen and oxygen atoms in total. The molecule has 6 heteroatoms. The molecule has 130 valence electrons. The molecule has 0 saturated carbocycles. The van der Waals surface area contributed by atoms with Gasteiger partial charge in [-0.3, -0.25) is 9.67 Å². The minimum Gasteiger partial charge on any atom is -0.266 e. The molecule has 4 aromatic heterocycles. The summed E-state index contributed by atoms with van der Waals surface area (Å²) in [7, 11) is 0. The lowest BCUT2D eigenvalue weighted by Gasteiger charge is -2.06. The van der Waals surface area contributed by atoms with Crippen molar-refractivity contribution in [1.29, 1.82) is 0 Å². The second-order valence-corrected chi connectivity index (χ2v) is 6.23. The van der Waals surface area contributed by atoms with Crippen molar-refractivity contribution in [2.24, 2.45) is 0 Å². The highest BCUT2D eigenvalue weighted by Crippen LogP contribution is 2.25. The number of benzene rings is 1. The summed E-state index contributed by atoms with van der Waals surface area (Å²) in [5.74, 6) is 0. The zero-order valence-electron chi connectivity index (χ0n) is 14.5. The fourth-order valence-electron chi connectivity index (χ4n) is 3.15. The van der Waals surface area contributed by atoms with Gasteiger partial charge in [0.05, 0.1) is 29.8 Å². The molecule has 1 aromatic carbocycles. The molecule has 0 amide bonds. The van der Waals surface area contributed by atoms with E-state index in [0.29, 0.717) is 6.54 Å². The average molecular weight is 352 g/mol. The van der Waals surface area contributed by atoms with E-state index in [9.17, 15) is 0 Å². The Morgan fingerprint density at radius 1 is 0.778 bits per heavy atom. The van der Waals surface area contributed by atoms with Gasteiger partial charge in [0, 0.05) is 35.8 Å². The summed E-state index contributed by atoms with van der Waals surface area (Å²) in [4.78, 5) is 8.69. The minimum absolute atomic E-state index is 0.652. The third kappa shape index (κ3) is 2.97. The van der Waals surface area contributed by atoms with Crippen molar-refractivity contribution < 1.29 is 0 Å². The molecule has 0 fully saturated rings. The third-order valence-electron chi connectivity index (χ3n) is 4.44. The molecule has 4 heterocycles. The Balaban J connectivity index is 1.49. The average Bonchev–Trinajstić information content (AvgIpc) is 3.38. The predicted molar refractivity (Wildman–Crippen MR) is 103 cm³/mol. The Labute approximate surface area is 155 Å². The molecule has 5 rings (SSSR count). The first-order chi connectivity index (χ1) is 13.4. The zero-order valence-corrected chi connectivity index (χ0v) is 14.5. The highest BCUT2D eigenvalue weighted by atomic mass is 15.3. The van der Waals surface area contributed by atoms with E-state index in [1.165, 1.54) is 0 Å². The fourth-order valence-corrected chi connectivity index (χ4v) is 3.15. The number of hydrogen-bond acceptors (Lipinski definition) is 4. The highest BCUT2D eigenvalue weighted by molar-refractivity contribution is 5.70. The quantitative estimate of drug-likeness (QED) is 0.495. The van der Waals surface area contributed by atoms with Gasteiger partial charge in [-0.25, -0.2) is 9.50 Å².